The normalized spacial score (nSPS) is 10.7. The predicted molar refractivity (Wildman–Crippen MR) is 107 cm³/mol. The van der Waals surface area contributed by atoms with Crippen molar-refractivity contribution in [2.24, 2.45) is 0 Å². The van der Waals surface area contributed by atoms with E-state index in [1.165, 1.54) is 0 Å². The summed E-state index contributed by atoms with van der Waals surface area (Å²) in [6.07, 6.45) is 1.89. The van der Waals surface area contributed by atoms with E-state index in [4.69, 9.17) is 5.73 Å². The molecule has 0 aliphatic heterocycles. The maximum atomic E-state index is 11.4. The molecule has 4 aromatic rings. The number of Topliss-reactive ketones (excluding diaryl/α,β-unsaturated/α-hetero) is 1. The van der Waals surface area contributed by atoms with Crippen molar-refractivity contribution in [2.45, 2.75) is 6.92 Å². The number of rotatable bonds is 4. The molecule has 0 fully saturated rings. The summed E-state index contributed by atoms with van der Waals surface area (Å²) in [6.45, 7) is 1.57. The fraction of sp³-hybridized carbons (Fsp3) is 0.0455. The number of anilines is 1. The molecule has 0 aliphatic carbocycles. The molecule has 0 bridgehead atoms. The van der Waals surface area contributed by atoms with Crippen LogP contribution in [0.3, 0.4) is 0 Å². The molecule has 0 saturated heterocycles. The van der Waals surface area contributed by atoms with Crippen molar-refractivity contribution in [1.82, 2.24) is 15.0 Å². The van der Waals surface area contributed by atoms with Gasteiger partial charge in [-0.05, 0) is 42.3 Å². The molecule has 0 spiro atoms. The molecule has 27 heavy (non-hydrogen) atoms. The first kappa shape index (κ1) is 16.7. The van der Waals surface area contributed by atoms with Crippen molar-refractivity contribution >= 4 is 11.5 Å². The van der Waals surface area contributed by atoms with Crippen LogP contribution in [0.5, 0.6) is 0 Å². The van der Waals surface area contributed by atoms with Gasteiger partial charge < -0.3 is 5.73 Å². The number of hydrogen-bond acceptors (Lipinski definition) is 4. The Balaban J connectivity index is 1.65. The van der Waals surface area contributed by atoms with E-state index in [2.05, 4.69) is 10.3 Å². The number of carbonyl (C=O) groups is 1. The first-order chi connectivity index (χ1) is 13.1. The number of nitrogens with zero attached hydrogens (tertiary/aromatic N) is 3. The highest BCUT2D eigenvalue weighted by Crippen LogP contribution is 2.24. The topological polar surface area (TPSA) is 73.8 Å². The van der Waals surface area contributed by atoms with Crippen molar-refractivity contribution in [1.29, 1.82) is 0 Å². The van der Waals surface area contributed by atoms with Crippen molar-refractivity contribution in [3.8, 4) is 28.1 Å². The lowest BCUT2D eigenvalue weighted by molar-refractivity contribution is 0.101. The zero-order valence-corrected chi connectivity index (χ0v) is 14.8. The molecule has 4 rings (SSSR count). The fourth-order valence-electron chi connectivity index (χ4n) is 2.90. The average molecular weight is 354 g/mol. The van der Waals surface area contributed by atoms with Gasteiger partial charge in [0, 0.05) is 16.8 Å². The highest BCUT2D eigenvalue weighted by atomic mass is 16.1. The number of ketones is 1. The van der Waals surface area contributed by atoms with Crippen molar-refractivity contribution in [3.63, 3.8) is 0 Å². The molecule has 3 aromatic carbocycles. The van der Waals surface area contributed by atoms with Gasteiger partial charge in [0.05, 0.1) is 11.9 Å². The summed E-state index contributed by atoms with van der Waals surface area (Å²) < 4.78 is 1.75. The lowest BCUT2D eigenvalue weighted by Gasteiger charge is -2.06. The van der Waals surface area contributed by atoms with Crippen LogP contribution in [0, 0.1) is 0 Å². The highest BCUT2D eigenvalue weighted by molar-refractivity contribution is 5.94. The summed E-state index contributed by atoms with van der Waals surface area (Å²) in [4.78, 5) is 11.4. The molecule has 132 valence electrons. The number of aromatic nitrogens is 3. The van der Waals surface area contributed by atoms with Crippen LogP contribution >= 0.6 is 0 Å². The summed E-state index contributed by atoms with van der Waals surface area (Å²) in [5, 5.41) is 8.51. The smallest absolute Gasteiger partial charge is 0.159 e. The van der Waals surface area contributed by atoms with E-state index in [1.54, 1.807) is 11.6 Å². The van der Waals surface area contributed by atoms with Gasteiger partial charge in [-0.2, -0.15) is 0 Å². The maximum absolute atomic E-state index is 11.4. The minimum absolute atomic E-state index is 0.0631. The molecule has 5 nitrogen and oxygen atoms in total. The van der Waals surface area contributed by atoms with Crippen molar-refractivity contribution in [3.05, 3.63) is 84.6 Å². The third-order valence-electron chi connectivity index (χ3n) is 4.44. The summed E-state index contributed by atoms with van der Waals surface area (Å²) in [7, 11) is 0. The third kappa shape index (κ3) is 3.48. The second-order valence-electron chi connectivity index (χ2n) is 6.35. The molecule has 0 atom stereocenters. The number of benzene rings is 3. The number of hydrogen-bond donors (Lipinski definition) is 1. The lowest BCUT2D eigenvalue weighted by atomic mass is 10.0. The second-order valence-corrected chi connectivity index (χ2v) is 6.35. The molecule has 1 heterocycles. The first-order valence-corrected chi connectivity index (χ1v) is 8.60. The van der Waals surface area contributed by atoms with Gasteiger partial charge in [-0.25, -0.2) is 4.68 Å². The molecule has 5 heteroatoms. The van der Waals surface area contributed by atoms with Gasteiger partial charge >= 0.3 is 0 Å². The van der Waals surface area contributed by atoms with Crippen LogP contribution < -0.4 is 5.73 Å². The Morgan fingerprint density at radius 3 is 2.30 bits per heavy atom. The van der Waals surface area contributed by atoms with Crippen LogP contribution in [0.2, 0.25) is 0 Å². The Bertz CT molecular complexity index is 1100. The molecule has 0 radical (unpaired) electrons. The quantitative estimate of drug-likeness (QED) is 0.436. The average Bonchev–Trinajstić information content (AvgIpc) is 3.19. The van der Waals surface area contributed by atoms with Gasteiger partial charge in [0.25, 0.3) is 0 Å². The summed E-state index contributed by atoms with van der Waals surface area (Å²) in [6, 6.07) is 23.2. The van der Waals surface area contributed by atoms with Gasteiger partial charge in [0.1, 0.15) is 5.69 Å². The van der Waals surface area contributed by atoms with Gasteiger partial charge in [0.2, 0.25) is 0 Å². The molecule has 0 amide bonds. The number of nitrogens with two attached hydrogens (primary N) is 1. The van der Waals surface area contributed by atoms with E-state index in [0.29, 0.717) is 5.56 Å². The van der Waals surface area contributed by atoms with Gasteiger partial charge in [0.15, 0.2) is 5.78 Å². The molecule has 0 saturated carbocycles. The SMILES string of the molecule is CC(=O)c1ccc(-c2cccc(-n3cc(-c4ccc(N)cc4)nn3)c2)cc1. The van der Waals surface area contributed by atoms with Crippen LogP contribution in [0.4, 0.5) is 5.69 Å². The molecule has 0 unspecified atom stereocenters. The molecule has 1 aromatic heterocycles. The Hall–Kier alpha value is -3.73. The van der Waals surface area contributed by atoms with Gasteiger partial charge in [-0.3, -0.25) is 4.79 Å². The summed E-state index contributed by atoms with van der Waals surface area (Å²) >= 11 is 0. The molecular formula is C22H18N4O. The largest absolute Gasteiger partial charge is 0.399 e. The van der Waals surface area contributed by atoms with E-state index in [1.807, 2.05) is 79.0 Å². The van der Waals surface area contributed by atoms with E-state index < -0.39 is 0 Å². The fourth-order valence-corrected chi connectivity index (χ4v) is 2.90. The van der Waals surface area contributed by atoms with Gasteiger partial charge in [-0.15, -0.1) is 5.10 Å². The van der Waals surface area contributed by atoms with Crippen LogP contribution in [-0.2, 0) is 0 Å². The molecule has 2 N–H and O–H groups in total. The van der Waals surface area contributed by atoms with Crippen LogP contribution in [0.25, 0.3) is 28.1 Å². The standard InChI is InChI=1S/C22H18N4O/c1-15(27)16-5-7-17(8-6-16)19-3-2-4-21(13-19)26-14-22(24-25-26)18-9-11-20(23)12-10-18/h2-14H,23H2,1H3. The highest BCUT2D eigenvalue weighted by Gasteiger charge is 2.07. The minimum atomic E-state index is 0.0631. The zero-order chi connectivity index (χ0) is 18.8. The number of nitrogen functional groups attached to an aromatic ring is 1. The van der Waals surface area contributed by atoms with Crippen molar-refractivity contribution < 1.29 is 4.79 Å². The minimum Gasteiger partial charge on any atom is -0.399 e. The summed E-state index contributed by atoms with van der Waals surface area (Å²) in [5.41, 5.74) is 11.9. The predicted octanol–water partition coefficient (Wildman–Crippen LogP) is 4.39. The Kier molecular flexibility index (Phi) is 4.26. The van der Waals surface area contributed by atoms with E-state index in [0.717, 1.165) is 33.8 Å². The molecule has 0 aliphatic rings. The first-order valence-electron chi connectivity index (χ1n) is 8.60. The molecular weight excluding hydrogens is 336 g/mol. The van der Waals surface area contributed by atoms with E-state index in [9.17, 15) is 4.79 Å². The third-order valence-corrected chi connectivity index (χ3v) is 4.44. The maximum Gasteiger partial charge on any atom is 0.159 e. The monoisotopic (exact) mass is 354 g/mol. The lowest BCUT2D eigenvalue weighted by Crippen LogP contribution is -1.95. The number of carbonyl (C=O) groups excluding carboxylic acids is 1. The van der Waals surface area contributed by atoms with Crippen LogP contribution in [-0.4, -0.2) is 20.8 Å². The Labute approximate surface area is 157 Å². The Morgan fingerprint density at radius 1 is 0.889 bits per heavy atom. The van der Waals surface area contributed by atoms with Crippen molar-refractivity contribution in [2.75, 3.05) is 5.73 Å². The summed E-state index contributed by atoms with van der Waals surface area (Å²) in [5.74, 6) is 0.0631. The zero-order valence-electron chi connectivity index (χ0n) is 14.8. The Morgan fingerprint density at radius 2 is 1.59 bits per heavy atom. The second kappa shape index (κ2) is 6.88. The van der Waals surface area contributed by atoms with E-state index >= 15 is 0 Å². The van der Waals surface area contributed by atoms with Crippen LogP contribution in [0.1, 0.15) is 17.3 Å². The van der Waals surface area contributed by atoms with Gasteiger partial charge in [-0.1, -0.05) is 53.7 Å². The van der Waals surface area contributed by atoms with Crippen LogP contribution in [0.15, 0.2) is 79.0 Å². The van der Waals surface area contributed by atoms with E-state index in [-0.39, 0.29) is 5.78 Å².